The zero-order chi connectivity index (χ0) is 18.0. The molecule has 1 atom stereocenters. The number of piperidine rings is 1. The van der Waals surface area contributed by atoms with E-state index >= 15 is 0 Å². The van der Waals surface area contributed by atoms with E-state index in [4.69, 9.17) is 5.26 Å². The maximum absolute atomic E-state index is 12.4. The average Bonchev–Trinajstić information content (AvgIpc) is 3.21. The molecule has 3 heterocycles. The lowest BCUT2D eigenvalue weighted by Gasteiger charge is -2.35. The number of rotatable bonds is 4. The van der Waals surface area contributed by atoms with Crippen LogP contribution in [0.15, 0.2) is 18.5 Å². The minimum absolute atomic E-state index is 0.0271. The van der Waals surface area contributed by atoms with Gasteiger partial charge in [0.2, 0.25) is 0 Å². The van der Waals surface area contributed by atoms with Gasteiger partial charge < -0.3 is 9.47 Å². The largest absolute Gasteiger partial charge is 0.345 e. The fourth-order valence-corrected chi connectivity index (χ4v) is 3.53. The van der Waals surface area contributed by atoms with Gasteiger partial charge in [0, 0.05) is 33.9 Å². The highest BCUT2D eigenvalue weighted by atomic mass is 16.2. The van der Waals surface area contributed by atoms with Gasteiger partial charge in [0.25, 0.3) is 5.91 Å². The number of carbonyl (C=O) groups excluding carboxylic acids is 1. The Labute approximate surface area is 147 Å². The highest BCUT2D eigenvalue weighted by Crippen LogP contribution is 2.33. The van der Waals surface area contributed by atoms with Crippen molar-refractivity contribution in [2.24, 2.45) is 7.05 Å². The van der Waals surface area contributed by atoms with E-state index < -0.39 is 0 Å². The molecule has 1 N–H and O–H groups in total. The molecular weight excluding hydrogens is 316 g/mol. The number of nitriles is 1. The van der Waals surface area contributed by atoms with Crippen LogP contribution < -0.4 is 0 Å². The van der Waals surface area contributed by atoms with Crippen LogP contribution in [-0.2, 0) is 13.6 Å². The molecule has 0 radical (unpaired) electrons. The highest BCUT2D eigenvalue weighted by molar-refractivity contribution is 5.94. The van der Waals surface area contributed by atoms with E-state index in [-0.39, 0.29) is 11.9 Å². The number of carbonyl (C=O) groups is 1. The normalized spacial score (nSPS) is 18.1. The number of H-pyrrole nitrogens is 1. The van der Waals surface area contributed by atoms with Crippen LogP contribution in [0.2, 0.25) is 0 Å². The van der Waals surface area contributed by atoms with Gasteiger partial charge in [-0.2, -0.15) is 10.4 Å². The predicted octanol–water partition coefficient (Wildman–Crippen LogP) is 2.05. The summed E-state index contributed by atoms with van der Waals surface area (Å²) in [4.78, 5) is 16.4. The second kappa shape index (κ2) is 7.11. The van der Waals surface area contributed by atoms with Crippen molar-refractivity contribution < 1.29 is 4.79 Å². The number of aromatic amines is 1. The summed E-state index contributed by atoms with van der Waals surface area (Å²) in [6, 6.07) is 4.28. The Morgan fingerprint density at radius 2 is 2.28 bits per heavy atom. The summed E-state index contributed by atoms with van der Waals surface area (Å²) in [6.45, 7) is 1.73. The summed E-state index contributed by atoms with van der Waals surface area (Å²) in [5.41, 5.74) is 3.32. The first-order valence-corrected chi connectivity index (χ1v) is 8.55. The molecule has 1 aliphatic rings. The van der Waals surface area contributed by atoms with Gasteiger partial charge in [-0.15, -0.1) is 0 Å². The lowest BCUT2D eigenvalue weighted by molar-refractivity contribution is 0.0819. The van der Waals surface area contributed by atoms with Crippen molar-refractivity contribution in [3.8, 4) is 6.07 Å². The summed E-state index contributed by atoms with van der Waals surface area (Å²) in [5.74, 6) is -0.0271. The van der Waals surface area contributed by atoms with Crippen molar-refractivity contribution in [1.82, 2.24) is 24.6 Å². The van der Waals surface area contributed by atoms with Crippen LogP contribution in [0.25, 0.3) is 0 Å². The molecule has 1 unspecified atom stereocenters. The fraction of sp³-hybridized carbons (Fsp3) is 0.500. The Bertz CT molecular complexity index is 797. The third kappa shape index (κ3) is 3.44. The standard InChI is InChI=1S/C18H24N6O/c1-22(2)18(25)15-10-20-21-17(15)16-6-4-5-7-24(16)12-13-8-14(9-19)23(3)11-13/h8,10-11,16H,4-7,12H2,1-3H3,(H,20,21). The molecule has 1 fully saturated rings. The molecule has 1 amide bonds. The van der Waals surface area contributed by atoms with Crippen molar-refractivity contribution in [2.75, 3.05) is 20.6 Å². The van der Waals surface area contributed by atoms with Crippen LogP contribution in [-0.4, -0.2) is 51.1 Å². The van der Waals surface area contributed by atoms with Crippen molar-refractivity contribution in [1.29, 1.82) is 5.26 Å². The lowest BCUT2D eigenvalue weighted by atomic mass is 9.96. The van der Waals surface area contributed by atoms with E-state index in [1.54, 1.807) is 25.2 Å². The van der Waals surface area contributed by atoms with Crippen molar-refractivity contribution in [2.45, 2.75) is 31.8 Å². The summed E-state index contributed by atoms with van der Waals surface area (Å²) in [7, 11) is 5.40. The average molecular weight is 340 g/mol. The lowest BCUT2D eigenvalue weighted by Crippen LogP contribution is -2.34. The molecule has 1 saturated heterocycles. The molecule has 0 saturated carbocycles. The van der Waals surface area contributed by atoms with Gasteiger partial charge in [0.15, 0.2) is 0 Å². The first-order chi connectivity index (χ1) is 12.0. The fourth-order valence-electron chi connectivity index (χ4n) is 3.53. The van der Waals surface area contributed by atoms with Crippen molar-refractivity contribution in [3.05, 3.63) is 41.0 Å². The maximum atomic E-state index is 12.4. The first kappa shape index (κ1) is 17.2. The summed E-state index contributed by atoms with van der Waals surface area (Å²) < 4.78 is 1.85. The molecular formula is C18H24N6O. The number of amides is 1. The van der Waals surface area contributed by atoms with Crippen LogP contribution in [0.5, 0.6) is 0 Å². The summed E-state index contributed by atoms with van der Waals surface area (Å²) in [6.07, 6.45) is 6.89. The van der Waals surface area contributed by atoms with E-state index in [0.29, 0.717) is 11.3 Å². The highest BCUT2D eigenvalue weighted by Gasteiger charge is 2.30. The quantitative estimate of drug-likeness (QED) is 0.923. The van der Waals surface area contributed by atoms with Crippen LogP contribution in [0, 0.1) is 11.3 Å². The Kier molecular flexibility index (Phi) is 4.91. The molecule has 3 rings (SSSR count). The van der Waals surface area contributed by atoms with Gasteiger partial charge in [-0.05, 0) is 31.0 Å². The predicted molar refractivity (Wildman–Crippen MR) is 93.7 cm³/mol. The van der Waals surface area contributed by atoms with Crippen molar-refractivity contribution in [3.63, 3.8) is 0 Å². The summed E-state index contributed by atoms with van der Waals surface area (Å²) in [5, 5.41) is 16.3. The van der Waals surface area contributed by atoms with Crippen molar-refractivity contribution >= 4 is 5.91 Å². The zero-order valence-corrected chi connectivity index (χ0v) is 15.0. The Morgan fingerprint density at radius 1 is 1.48 bits per heavy atom. The van der Waals surface area contributed by atoms with Gasteiger partial charge in [-0.3, -0.25) is 14.8 Å². The Balaban J connectivity index is 1.86. The molecule has 25 heavy (non-hydrogen) atoms. The van der Waals surface area contributed by atoms with Gasteiger partial charge >= 0.3 is 0 Å². The van der Waals surface area contributed by atoms with Gasteiger partial charge in [0.1, 0.15) is 11.8 Å². The molecule has 1 aliphatic heterocycles. The molecule has 0 aromatic carbocycles. The minimum Gasteiger partial charge on any atom is -0.345 e. The van der Waals surface area contributed by atoms with Gasteiger partial charge in [-0.1, -0.05) is 6.42 Å². The third-order valence-electron chi connectivity index (χ3n) is 4.81. The van der Waals surface area contributed by atoms with E-state index in [2.05, 4.69) is 21.2 Å². The molecule has 0 aliphatic carbocycles. The second-order valence-corrected chi connectivity index (χ2v) is 6.84. The molecule has 2 aromatic rings. The molecule has 7 heteroatoms. The maximum Gasteiger partial charge on any atom is 0.256 e. The van der Waals surface area contributed by atoms with E-state index in [9.17, 15) is 4.79 Å². The third-order valence-corrected chi connectivity index (χ3v) is 4.81. The zero-order valence-electron chi connectivity index (χ0n) is 15.0. The topological polar surface area (TPSA) is 81.0 Å². The molecule has 132 valence electrons. The number of nitrogens with zero attached hydrogens (tertiary/aromatic N) is 5. The number of hydrogen-bond donors (Lipinski definition) is 1. The van der Waals surface area contributed by atoms with E-state index in [1.165, 1.54) is 0 Å². The smallest absolute Gasteiger partial charge is 0.256 e. The minimum atomic E-state index is -0.0271. The Hall–Kier alpha value is -2.59. The number of aromatic nitrogens is 3. The molecule has 7 nitrogen and oxygen atoms in total. The number of aryl methyl sites for hydroxylation is 1. The first-order valence-electron chi connectivity index (χ1n) is 8.55. The van der Waals surface area contributed by atoms with Gasteiger partial charge in [-0.25, -0.2) is 0 Å². The van der Waals surface area contributed by atoms with E-state index in [1.807, 2.05) is 23.9 Å². The van der Waals surface area contributed by atoms with E-state index in [0.717, 1.165) is 43.6 Å². The van der Waals surface area contributed by atoms with Crippen LogP contribution in [0.4, 0.5) is 0 Å². The number of nitrogens with one attached hydrogen (secondary N) is 1. The van der Waals surface area contributed by atoms with Crippen LogP contribution in [0.3, 0.4) is 0 Å². The molecule has 0 spiro atoms. The Morgan fingerprint density at radius 3 is 2.96 bits per heavy atom. The second-order valence-electron chi connectivity index (χ2n) is 6.84. The molecule has 2 aromatic heterocycles. The number of likely N-dealkylation sites (tertiary alicyclic amines) is 1. The van der Waals surface area contributed by atoms with Crippen LogP contribution in [0.1, 0.15) is 52.6 Å². The number of hydrogen-bond acceptors (Lipinski definition) is 4. The van der Waals surface area contributed by atoms with Crippen LogP contribution >= 0.6 is 0 Å². The summed E-state index contributed by atoms with van der Waals surface area (Å²) >= 11 is 0. The monoisotopic (exact) mass is 340 g/mol. The molecule has 0 bridgehead atoms. The SMILES string of the molecule is CN(C)C(=O)c1cn[nH]c1C1CCCCN1Cc1cc(C#N)n(C)c1. The van der Waals surface area contributed by atoms with Gasteiger partial charge in [0.05, 0.1) is 23.5 Å².